The summed E-state index contributed by atoms with van der Waals surface area (Å²) in [5.41, 5.74) is -0.557. The van der Waals surface area contributed by atoms with E-state index in [1.807, 2.05) is 0 Å². The minimum absolute atomic E-state index is 0.00463. The van der Waals surface area contributed by atoms with Crippen molar-refractivity contribution in [1.29, 1.82) is 0 Å². The van der Waals surface area contributed by atoms with Crippen LogP contribution in [0.5, 0.6) is 0 Å². The maximum absolute atomic E-state index is 12.6. The maximum atomic E-state index is 12.6. The largest absolute Gasteiger partial charge is 0.435 e. The Labute approximate surface area is 94.1 Å². The van der Waals surface area contributed by atoms with Crippen LogP contribution in [-0.4, -0.2) is 10.2 Å². The lowest BCUT2D eigenvalue weighted by molar-refractivity contribution is -0.140. The second-order valence-electron chi connectivity index (χ2n) is 3.16. The molecule has 1 N–H and O–H groups in total. The van der Waals surface area contributed by atoms with Crippen LogP contribution in [0.3, 0.4) is 0 Å². The molecule has 2 rings (SSSR count). The van der Waals surface area contributed by atoms with Crippen molar-refractivity contribution in [2.75, 3.05) is 0 Å². The molecule has 2 nitrogen and oxygen atoms in total. The summed E-state index contributed by atoms with van der Waals surface area (Å²) in [4.78, 5) is 0. The average Bonchev–Trinajstić information content (AvgIpc) is 2.65. The zero-order chi connectivity index (χ0) is 11.8. The fraction of sp³-hybridized carbons (Fsp3) is 0.100. The Morgan fingerprint density at radius 2 is 2.00 bits per heavy atom. The molecule has 0 radical (unpaired) electrons. The van der Waals surface area contributed by atoms with E-state index in [1.165, 1.54) is 12.3 Å². The van der Waals surface area contributed by atoms with Crippen molar-refractivity contribution in [2.45, 2.75) is 6.18 Å². The minimum atomic E-state index is -4.47. The van der Waals surface area contributed by atoms with E-state index in [0.29, 0.717) is 10.6 Å². The SMILES string of the molecule is FC(F)(F)c1n[nH]cc1-c1cccc(Cl)c1. The van der Waals surface area contributed by atoms with E-state index in [0.717, 1.165) is 0 Å². The van der Waals surface area contributed by atoms with Gasteiger partial charge in [-0.2, -0.15) is 18.3 Å². The highest BCUT2D eigenvalue weighted by molar-refractivity contribution is 6.30. The van der Waals surface area contributed by atoms with Crippen molar-refractivity contribution in [3.8, 4) is 11.1 Å². The van der Waals surface area contributed by atoms with Crippen LogP contribution in [0.15, 0.2) is 30.5 Å². The van der Waals surface area contributed by atoms with Crippen molar-refractivity contribution in [2.24, 2.45) is 0 Å². The number of halogens is 4. The van der Waals surface area contributed by atoms with Crippen molar-refractivity contribution < 1.29 is 13.2 Å². The number of nitrogens with zero attached hydrogens (tertiary/aromatic N) is 1. The highest BCUT2D eigenvalue weighted by Crippen LogP contribution is 2.35. The molecule has 0 aliphatic rings. The standard InChI is InChI=1S/C10H6ClF3N2/c11-7-3-1-2-6(4-7)8-5-15-16-9(8)10(12,13)14/h1-5H,(H,15,16). The highest BCUT2D eigenvalue weighted by atomic mass is 35.5. The summed E-state index contributed by atoms with van der Waals surface area (Å²) in [5.74, 6) is 0. The molecule has 0 unspecified atom stereocenters. The first-order chi connectivity index (χ1) is 7.48. The van der Waals surface area contributed by atoms with Gasteiger partial charge >= 0.3 is 6.18 Å². The number of benzene rings is 1. The summed E-state index contributed by atoms with van der Waals surface area (Å²) >= 11 is 5.72. The van der Waals surface area contributed by atoms with Gasteiger partial charge in [0.15, 0.2) is 5.69 Å². The molecule has 1 aromatic heterocycles. The lowest BCUT2D eigenvalue weighted by atomic mass is 10.1. The van der Waals surface area contributed by atoms with Gasteiger partial charge in [-0.25, -0.2) is 0 Å². The monoisotopic (exact) mass is 246 g/mol. The quantitative estimate of drug-likeness (QED) is 0.816. The Bertz CT molecular complexity index is 505. The maximum Gasteiger partial charge on any atom is 0.435 e. The molecule has 0 aliphatic heterocycles. The Balaban J connectivity index is 2.53. The van der Waals surface area contributed by atoms with Crippen LogP contribution in [0.25, 0.3) is 11.1 Å². The summed E-state index contributed by atoms with van der Waals surface area (Å²) < 4.78 is 37.7. The summed E-state index contributed by atoms with van der Waals surface area (Å²) in [7, 11) is 0. The van der Waals surface area contributed by atoms with E-state index in [4.69, 9.17) is 11.6 Å². The van der Waals surface area contributed by atoms with Crippen molar-refractivity contribution in [3.63, 3.8) is 0 Å². The molecule has 2 aromatic rings. The summed E-state index contributed by atoms with van der Waals surface area (Å²) in [6, 6.07) is 6.19. The second kappa shape index (κ2) is 3.83. The molecular weight excluding hydrogens is 241 g/mol. The third-order valence-electron chi connectivity index (χ3n) is 2.04. The van der Waals surface area contributed by atoms with Gasteiger partial charge in [0.05, 0.1) is 0 Å². The molecule has 0 aliphatic carbocycles. The molecule has 0 amide bonds. The fourth-order valence-corrected chi connectivity index (χ4v) is 1.57. The highest BCUT2D eigenvalue weighted by Gasteiger charge is 2.36. The van der Waals surface area contributed by atoms with Gasteiger partial charge in [-0.1, -0.05) is 23.7 Å². The van der Waals surface area contributed by atoms with Gasteiger partial charge in [-0.05, 0) is 17.7 Å². The smallest absolute Gasteiger partial charge is 0.284 e. The number of hydrogen-bond acceptors (Lipinski definition) is 1. The third kappa shape index (κ3) is 2.04. The van der Waals surface area contributed by atoms with E-state index in [1.54, 1.807) is 18.2 Å². The Kier molecular flexibility index (Phi) is 2.63. The van der Waals surface area contributed by atoms with Gasteiger partial charge < -0.3 is 0 Å². The second-order valence-corrected chi connectivity index (χ2v) is 3.59. The molecule has 0 spiro atoms. The first kappa shape index (κ1) is 11.0. The molecule has 0 bridgehead atoms. The zero-order valence-corrected chi connectivity index (χ0v) is 8.60. The van der Waals surface area contributed by atoms with E-state index in [9.17, 15) is 13.2 Å². The molecule has 0 atom stereocenters. The summed E-state index contributed by atoms with van der Waals surface area (Å²) in [5, 5.41) is 5.79. The fourth-order valence-electron chi connectivity index (χ4n) is 1.38. The van der Waals surface area contributed by atoms with Gasteiger partial charge in [-0.15, -0.1) is 0 Å². The molecule has 84 valence electrons. The van der Waals surface area contributed by atoms with Crippen molar-refractivity contribution >= 4 is 11.6 Å². The number of alkyl halides is 3. The van der Waals surface area contributed by atoms with Gasteiger partial charge in [0, 0.05) is 16.8 Å². The zero-order valence-electron chi connectivity index (χ0n) is 7.85. The Hall–Kier alpha value is -1.49. The van der Waals surface area contributed by atoms with Gasteiger partial charge in [0.2, 0.25) is 0 Å². The van der Waals surface area contributed by atoms with Gasteiger partial charge in [0.25, 0.3) is 0 Å². The van der Waals surface area contributed by atoms with E-state index < -0.39 is 11.9 Å². The average molecular weight is 247 g/mol. The van der Waals surface area contributed by atoms with Crippen LogP contribution >= 0.6 is 11.6 Å². The van der Waals surface area contributed by atoms with E-state index in [2.05, 4.69) is 10.2 Å². The van der Waals surface area contributed by atoms with Gasteiger partial charge in [0.1, 0.15) is 0 Å². The number of rotatable bonds is 1. The molecular formula is C10H6ClF3N2. The first-order valence-electron chi connectivity index (χ1n) is 4.35. The van der Waals surface area contributed by atoms with Crippen molar-refractivity contribution in [1.82, 2.24) is 10.2 Å². The normalized spacial score (nSPS) is 11.8. The molecule has 16 heavy (non-hydrogen) atoms. The minimum Gasteiger partial charge on any atom is -0.284 e. The molecule has 0 saturated heterocycles. The Morgan fingerprint density at radius 3 is 2.62 bits per heavy atom. The number of aromatic amines is 1. The number of nitrogens with one attached hydrogen (secondary N) is 1. The van der Waals surface area contributed by atoms with Crippen LogP contribution in [0.4, 0.5) is 13.2 Å². The van der Waals surface area contributed by atoms with Crippen LogP contribution in [0.2, 0.25) is 5.02 Å². The predicted molar refractivity (Wildman–Crippen MR) is 54.0 cm³/mol. The van der Waals surface area contributed by atoms with Crippen LogP contribution in [-0.2, 0) is 6.18 Å². The number of H-pyrrole nitrogens is 1. The Morgan fingerprint density at radius 1 is 1.25 bits per heavy atom. The van der Waals surface area contributed by atoms with Crippen LogP contribution < -0.4 is 0 Å². The van der Waals surface area contributed by atoms with Crippen LogP contribution in [0, 0.1) is 0 Å². The molecule has 1 aromatic carbocycles. The first-order valence-corrected chi connectivity index (χ1v) is 4.73. The summed E-state index contributed by atoms with van der Waals surface area (Å²) in [6.45, 7) is 0. The third-order valence-corrected chi connectivity index (χ3v) is 2.28. The lowest BCUT2D eigenvalue weighted by Gasteiger charge is -2.06. The topological polar surface area (TPSA) is 28.7 Å². The van der Waals surface area contributed by atoms with Gasteiger partial charge in [-0.3, -0.25) is 5.10 Å². The van der Waals surface area contributed by atoms with E-state index >= 15 is 0 Å². The lowest BCUT2D eigenvalue weighted by Crippen LogP contribution is -2.07. The molecule has 0 fully saturated rings. The van der Waals surface area contributed by atoms with Crippen LogP contribution in [0.1, 0.15) is 5.69 Å². The molecule has 6 heteroatoms. The molecule has 1 heterocycles. The molecule has 0 saturated carbocycles. The predicted octanol–water partition coefficient (Wildman–Crippen LogP) is 3.75. The number of aromatic nitrogens is 2. The van der Waals surface area contributed by atoms with E-state index in [-0.39, 0.29) is 5.56 Å². The number of hydrogen-bond donors (Lipinski definition) is 1. The summed E-state index contributed by atoms with van der Waals surface area (Å²) in [6.07, 6.45) is -3.27. The van der Waals surface area contributed by atoms with Crippen molar-refractivity contribution in [3.05, 3.63) is 41.2 Å².